The van der Waals surface area contributed by atoms with Crippen LogP contribution >= 0.6 is 10.2 Å². The number of aliphatic hydroxyl groups is 1. The zero-order chi connectivity index (χ0) is 15.8. The highest BCUT2D eigenvalue weighted by molar-refractivity contribution is 8.45. The maximum Gasteiger partial charge on any atom is 0.409 e. The number of ether oxygens (including phenoxy) is 1. The number of carbonyl (C=O) groups is 1. The first-order chi connectivity index (χ1) is 8.78. The molecule has 5 nitrogen and oxygen atoms in total. The average molecular weight is 323 g/mol. The third-order valence-corrected chi connectivity index (χ3v) is 3.33. The van der Waals surface area contributed by atoms with Gasteiger partial charge in [-0.2, -0.15) is 0 Å². The Hall–Kier alpha value is -1.75. The predicted molar refractivity (Wildman–Crippen MR) is 62.0 cm³/mol. The number of hydrogen-bond acceptors (Lipinski definition) is 3. The van der Waals surface area contributed by atoms with Crippen molar-refractivity contribution >= 4 is 22.0 Å². The molecule has 0 fully saturated rings. The standard InChI is InChI=1S/C9H10F5NO4S/c1-19-8-5(4-16)2-6(20(10,11,12,13)14)3-7(8)15-9(17)18/h2-3,15-16H,4H2,1H3,(H,17,18). The number of nitrogens with one attached hydrogen (secondary N) is 1. The van der Waals surface area contributed by atoms with Crippen molar-refractivity contribution < 1.29 is 39.2 Å². The van der Waals surface area contributed by atoms with E-state index in [1.165, 1.54) is 5.32 Å². The molecule has 116 valence electrons. The molecule has 0 aliphatic heterocycles. The van der Waals surface area contributed by atoms with Crippen LogP contribution in [0.5, 0.6) is 5.75 Å². The lowest BCUT2D eigenvalue weighted by molar-refractivity contribution is 0.209. The Morgan fingerprint density at radius 1 is 1.30 bits per heavy atom. The molecule has 0 aliphatic rings. The van der Waals surface area contributed by atoms with Gasteiger partial charge in [0.1, 0.15) is 10.6 Å². The van der Waals surface area contributed by atoms with Crippen LogP contribution < -0.4 is 10.1 Å². The maximum atomic E-state index is 12.7. The van der Waals surface area contributed by atoms with E-state index in [0.717, 1.165) is 7.11 Å². The van der Waals surface area contributed by atoms with Crippen molar-refractivity contribution in [2.75, 3.05) is 12.4 Å². The second kappa shape index (κ2) is 4.12. The Bertz CT molecular complexity index is 559. The number of amides is 1. The van der Waals surface area contributed by atoms with E-state index in [-0.39, 0.29) is 12.1 Å². The normalized spacial score (nSPS) is 15.2. The summed E-state index contributed by atoms with van der Waals surface area (Å²) in [5.41, 5.74) is -1.46. The van der Waals surface area contributed by atoms with Crippen LogP contribution in [0, 0.1) is 0 Å². The van der Waals surface area contributed by atoms with E-state index in [9.17, 15) is 24.2 Å². The van der Waals surface area contributed by atoms with E-state index in [4.69, 9.17) is 10.2 Å². The van der Waals surface area contributed by atoms with Crippen LogP contribution in [-0.2, 0) is 6.61 Å². The fourth-order valence-electron chi connectivity index (χ4n) is 1.45. The van der Waals surface area contributed by atoms with Gasteiger partial charge in [0.15, 0.2) is 0 Å². The highest BCUT2D eigenvalue weighted by Crippen LogP contribution is 3.02. The van der Waals surface area contributed by atoms with Gasteiger partial charge in [0.05, 0.1) is 19.4 Å². The van der Waals surface area contributed by atoms with Crippen LogP contribution in [0.4, 0.5) is 29.9 Å². The van der Waals surface area contributed by atoms with Gasteiger partial charge in [0.25, 0.3) is 0 Å². The topological polar surface area (TPSA) is 78.8 Å². The van der Waals surface area contributed by atoms with E-state index in [1.54, 1.807) is 0 Å². The minimum absolute atomic E-state index is 0.0212. The van der Waals surface area contributed by atoms with Crippen LogP contribution in [0.1, 0.15) is 5.56 Å². The fraction of sp³-hybridized carbons (Fsp3) is 0.222. The van der Waals surface area contributed by atoms with Crippen molar-refractivity contribution in [3.8, 4) is 5.75 Å². The highest BCUT2D eigenvalue weighted by Gasteiger charge is 2.65. The Kier molecular flexibility index (Phi) is 3.36. The second-order valence-electron chi connectivity index (χ2n) is 3.72. The summed E-state index contributed by atoms with van der Waals surface area (Å²) >= 11 is 0. The van der Waals surface area contributed by atoms with Crippen molar-refractivity contribution in [1.82, 2.24) is 0 Å². The van der Waals surface area contributed by atoms with Crippen molar-refractivity contribution in [2.45, 2.75) is 11.5 Å². The quantitative estimate of drug-likeness (QED) is 0.734. The van der Waals surface area contributed by atoms with Crippen LogP contribution in [0.25, 0.3) is 0 Å². The molecule has 0 heterocycles. The minimum atomic E-state index is -10.0. The molecule has 11 heteroatoms. The molecular weight excluding hydrogens is 313 g/mol. The van der Waals surface area contributed by atoms with E-state index in [1.807, 2.05) is 0 Å². The van der Waals surface area contributed by atoms with Crippen LogP contribution in [0.3, 0.4) is 0 Å². The van der Waals surface area contributed by atoms with Crippen LogP contribution in [0.2, 0.25) is 0 Å². The number of aliphatic hydroxyl groups excluding tert-OH is 1. The fourth-order valence-corrected chi connectivity index (χ4v) is 2.15. The molecule has 0 aliphatic carbocycles. The third-order valence-electron chi connectivity index (χ3n) is 2.20. The number of hydrogen-bond donors (Lipinski definition) is 3. The molecule has 0 saturated heterocycles. The zero-order valence-corrected chi connectivity index (χ0v) is 10.7. The lowest BCUT2D eigenvalue weighted by atomic mass is 10.2. The first-order valence-corrected chi connectivity index (χ1v) is 6.79. The van der Waals surface area contributed by atoms with Gasteiger partial charge in [0.2, 0.25) is 0 Å². The first-order valence-electron chi connectivity index (χ1n) is 4.84. The van der Waals surface area contributed by atoms with E-state index < -0.39 is 44.8 Å². The highest BCUT2D eigenvalue weighted by atomic mass is 32.5. The number of methoxy groups -OCH3 is 1. The van der Waals surface area contributed by atoms with E-state index in [2.05, 4.69) is 4.74 Å². The van der Waals surface area contributed by atoms with Crippen LogP contribution in [0.15, 0.2) is 17.0 Å². The summed E-state index contributed by atoms with van der Waals surface area (Å²) < 4.78 is 68.2. The Balaban J connectivity index is 3.64. The molecule has 0 saturated carbocycles. The zero-order valence-electron chi connectivity index (χ0n) is 9.87. The molecule has 20 heavy (non-hydrogen) atoms. The summed E-state index contributed by atoms with van der Waals surface area (Å²) in [5, 5.41) is 18.9. The lowest BCUT2D eigenvalue weighted by Gasteiger charge is -2.41. The van der Waals surface area contributed by atoms with Gasteiger partial charge >= 0.3 is 16.3 Å². The molecule has 3 N–H and O–H groups in total. The van der Waals surface area contributed by atoms with Gasteiger partial charge in [-0.15, -0.1) is 0 Å². The molecular formula is C9H10F5NO4S. The molecule has 0 bridgehead atoms. The van der Waals surface area contributed by atoms with Gasteiger partial charge < -0.3 is 14.9 Å². The Labute approximate surface area is 109 Å². The number of rotatable bonds is 4. The predicted octanol–water partition coefficient (Wildman–Crippen LogP) is 3.93. The summed E-state index contributed by atoms with van der Waals surface area (Å²) in [5.74, 6) is -0.472. The van der Waals surface area contributed by atoms with E-state index >= 15 is 0 Å². The molecule has 1 aromatic carbocycles. The average Bonchev–Trinajstić information content (AvgIpc) is 2.23. The van der Waals surface area contributed by atoms with Gasteiger partial charge in [-0.05, 0) is 12.1 Å². The SMILES string of the molecule is COc1c(CO)cc(S(F)(F)(F)(F)F)cc1NC(=O)O. The van der Waals surface area contributed by atoms with Gasteiger partial charge in [-0.25, -0.2) is 4.79 Å². The summed E-state index contributed by atoms with van der Waals surface area (Å²) in [6.45, 7) is -1.04. The molecule has 0 radical (unpaired) electrons. The smallest absolute Gasteiger partial charge is 0.409 e. The van der Waals surface area contributed by atoms with Crippen molar-refractivity contribution in [2.24, 2.45) is 0 Å². The van der Waals surface area contributed by atoms with E-state index in [0.29, 0.717) is 0 Å². The van der Waals surface area contributed by atoms with Crippen LogP contribution in [-0.4, -0.2) is 23.4 Å². The van der Waals surface area contributed by atoms with Gasteiger partial charge in [-0.1, -0.05) is 19.4 Å². The number of benzene rings is 1. The summed E-state index contributed by atoms with van der Waals surface area (Å²) in [7, 11) is -9.02. The van der Waals surface area contributed by atoms with Crippen molar-refractivity contribution in [3.63, 3.8) is 0 Å². The lowest BCUT2D eigenvalue weighted by Crippen LogP contribution is -2.13. The monoisotopic (exact) mass is 323 g/mol. The Morgan fingerprint density at radius 2 is 1.85 bits per heavy atom. The molecule has 1 rings (SSSR count). The molecule has 0 spiro atoms. The summed E-state index contributed by atoms with van der Waals surface area (Å²) in [6.07, 6.45) is -1.77. The molecule has 0 unspecified atom stereocenters. The number of anilines is 1. The van der Waals surface area contributed by atoms with Crippen molar-refractivity contribution in [3.05, 3.63) is 17.7 Å². The number of carboxylic acid groups (broad SMARTS) is 1. The minimum Gasteiger partial charge on any atom is -0.494 e. The van der Waals surface area contributed by atoms with Gasteiger partial charge in [-0.3, -0.25) is 5.32 Å². The number of halogens is 5. The second-order valence-corrected chi connectivity index (χ2v) is 6.13. The Morgan fingerprint density at radius 3 is 2.20 bits per heavy atom. The maximum absolute atomic E-state index is 12.7. The molecule has 0 aromatic heterocycles. The van der Waals surface area contributed by atoms with Gasteiger partial charge in [0, 0.05) is 5.56 Å². The third kappa shape index (κ3) is 3.63. The molecule has 0 atom stereocenters. The summed E-state index contributed by atoms with van der Waals surface area (Å²) in [6, 6.07) is -0.0545. The summed E-state index contributed by atoms with van der Waals surface area (Å²) in [4.78, 5) is 8.15. The largest absolute Gasteiger partial charge is 0.494 e. The molecule has 1 aromatic rings. The molecule has 1 amide bonds. The first kappa shape index (κ1) is 16.3. The van der Waals surface area contributed by atoms with Crippen molar-refractivity contribution in [1.29, 1.82) is 0 Å².